The standard InChI is InChI=1S/C16H21N3O2/c20-12-14-6-2-1-4-8-18(14)11-13-10-16(21)19-9-5-3-7-15(19)17-13/h3,5,7,9-10,14,20H,1-2,4,6,8,11-12H2. The Morgan fingerprint density at radius 3 is 3.05 bits per heavy atom. The zero-order valence-electron chi connectivity index (χ0n) is 12.1. The molecule has 1 atom stereocenters. The molecule has 1 aliphatic rings. The molecule has 2 aromatic heterocycles. The van der Waals surface area contributed by atoms with Gasteiger partial charge in [0.25, 0.3) is 5.56 Å². The third kappa shape index (κ3) is 3.14. The fraction of sp³-hybridized carbons (Fsp3) is 0.500. The predicted octanol–water partition coefficient (Wildman–Crippen LogP) is 1.43. The van der Waals surface area contributed by atoms with Crippen molar-refractivity contribution in [3.8, 4) is 0 Å². The Bertz CT molecular complexity index is 668. The van der Waals surface area contributed by atoms with Crippen molar-refractivity contribution in [3.05, 3.63) is 46.5 Å². The van der Waals surface area contributed by atoms with Crippen LogP contribution in [0.3, 0.4) is 0 Å². The SMILES string of the molecule is O=c1cc(CN2CCCCCC2CO)nc2ccccn12. The third-order valence-corrected chi connectivity index (χ3v) is 4.20. The van der Waals surface area contributed by atoms with Crippen molar-refractivity contribution in [2.75, 3.05) is 13.2 Å². The van der Waals surface area contributed by atoms with Crippen molar-refractivity contribution in [3.63, 3.8) is 0 Å². The Morgan fingerprint density at radius 2 is 2.19 bits per heavy atom. The number of pyridine rings is 1. The molecular weight excluding hydrogens is 266 g/mol. The molecule has 5 heteroatoms. The summed E-state index contributed by atoms with van der Waals surface area (Å²) in [6.07, 6.45) is 6.26. The first-order chi connectivity index (χ1) is 10.3. The second-order valence-electron chi connectivity index (χ2n) is 5.67. The number of fused-ring (bicyclic) bond motifs is 1. The van der Waals surface area contributed by atoms with Gasteiger partial charge in [-0.15, -0.1) is 0 Å². The number of rotatable bonds is 3. The van der Waals surface area contributed by atoms with E-state index in [2.05, 4.69) is 9.88 Å². The first-order valence-corrected chi connectivity index (χ1v) is 7.60. The van der Waals surface area contributed by atoms with Crippen molar-refractivity contribution in [2.24, 2.45) is 0 Å². The van der Waals surface area contributed by atoms with Crippen LogP contribution < -0.4 is 5.56 Å². The molecule has 0 amide bonds. The van der Waals surface area contributed by atoms with Gasteiger partial charge in [-0.2, -0.15) is 0 Å². The number of nitrogens with zero attached hydrogens (tertiary/aromatic N) is 3. The van der Waals surface area contributed by atoms with E-state index in [1.807, 2.05) is 18.2 Å². The lowest BCUT2D eigenvalue weighted by Crippen LogP contribution is -2.37. The molecule has 1 N–H and O–H groups in total. The summed E-state index contributed by atoms with van der Waals surface area (Å²) < 4.78 is 1.55. The second kappa shape index (κ2) is 6.37. The van der Waals surface area contributed by atoms with Crippen molar-refractivity contribution in [2.45, 2.75) is 38.3 Å². The molecule has 21 heavy (non-hydrogen) atoms. The molecule has 1 fully saturated rings. The van der Waals surface area contributed by atoms with Crippen LogP contribution in [-0.4, -0.2) is 38.6 Å². The average molecular weight is 287 g/mol. The van der Waals surface area contributed by atoms with Gasteiger partial charge in [-0.05, 0) is 31.5 Å². The van der Waals surface area contributed by atoms with E-state index in [9.17, 15) is 9.90 Å². The fourth-order valence-corrected chi connectivity index (χ4v) is 3.04. The summed E-state index contributed by atoms with van der Waals surface area (Å²) in [7, 11) is 0. The summed E-state index contributed by atoms with van der Waals surface area (Å²) in [4.78, 5) is 18.9. The Hall–Kier alpha value is -1.72. The van der Waals surface area contributed by atoms with E-state index in [-0.39, 0.29) is 18.2 Å². The minimum absolute atomic E-state index is 0.0500. The van der Waals surface area contributed by atoms with Crippen molar-refractivity contribution in [1.29, 1.82) is 0 Å². The molecule has 0 spiro atoms. The number of likely N-dealkylation sites (tertiary alicyclic amines) is 1. The molecule has 3 rings (SSSR count). The highest BCUT2D eigenvalue weighted by molar-refractivity contribution is 5.37. The second-order valence-corrected chi connectivity index (χ2v) is 5.67. The van der Waals surface area contributed by atoms with E-state index >= 15 is 0 Å². The van der Waals surface area contributed by atoms with E-state index in [1.54, 1.807) is 16.7 Å². The molecule has 5 nitrogen and oxygen atoms in total. The molecule has 0 bridgehead atoms. The number of hydrogen-bond donors (Lipinski definition) is 1. The van der Waals surface area contributed by atoms with Gasteiger partial charge in [0.05, 0.1) is 12.3 Å². The van der Waals surface area contributed by atoms with Crippen LogP contribution in [0.15, 0.2) is 35.3 Å². The number of hydrogen-bond acceptors (Lipinski definition) is 4. The molecule has 3 heterocycles. The molecule has 0 aliphatic carbocycles. The average Bonchev–Trinajstić information content (AvgIpc) is 2.72. The molecule has 1 saturated heterocycles. The van der Waals surface area contributed by atoms with Crippen molar-refractivity contribution >= 4 is 5.65 Å². The van der Waals surface area contributed by atoms with Gasteiger partial charge < -0.3 is 5.11 Å². The lowest BCUT2D eigenvalue weighted by molar-refractivity contribution is 0.117. The molecule has 0 radical (unpaired) electrons. The van der Waals surface area contributed by atoms with Crippen LogP contribution >= 0.6 is 0 Å². The van der Waals surface area contributed by atoms with E-state index in [1.165, 1.54) is 6.42 Å². The molecule has 0 saturated carbocycles. The van der Waals surface area contributed by atoms with E-state index in [0.717, 1.165) is 31.5 Å². The zero-order chi connectivity index (χ0) is 14.7. The van der Waals surface area contributed by atoms with Crippen LogP contribution in [0.2, 0.25) is 0 Å². The summed E-state index contributed by atoms with van der Waals surface area (Å²) in [6.45, 7) is 1.76. The van der Waals surface area contributed by atoms with Gasteiger partial charge in [0.2, 0.25) is 0 Å². The first kappa shape index (κ1) is 14.2. The summed E-state index contributed by atoms with van der Waals surface area (Å²) in [5.74, 6) is 0. The smallest absolute Gasteiger partial charge is 0.258 e. The Balaban J connectivity index is 1.88. The molecule has 2 aromatic rings. The van der Waals surface area contributed by atoms with E-state index < -0.39 is 0 Å². The van der Waals surface area contributed by atoms with Gasteiger partial charge in [0, 0.05) is 24.8 Å². The molecule has 1 unspecified atom stereocenters. The minimum Gasteiger partial charge on any atom is -0.395 e. The van der Waals surface area contributed by atoms with E-state index in [0.29, 0.717) is 12.2 Å². The third-order valence-electron chi connectivity index (χ3n) is 4.20. The molecular formula is C16H21N3O2. The van der Waals surface area contributed by atoms with Gasteiger partial charge in [-0.1, -0.05) is 18.9 Å². The van der Waals surface area contributed by atoms with Crippen LogP contribution in [0.5, 0.6) is 0 Å². The van der Waals surface area contributed by atoms with Gasteiger partial charge in [-0.3, -0.25) is 14.1 Å². The monoisotopic (exact) mass is 287 g/mol. The summed E-state index contributed by atoms with van der Waals surface area (Å²) in [6, 6.07) is 7.34. The zero-order valence-corrected chi connectivity index (χ0v) is 12.1. The summed E-state index contributed by atoms with van der Waals surface area (Å²) in [5, 5.41) is 9.56. The normalized spacial score (nSPS) is 20.5. The van der Waals surface area contributed by atoms with Crippen LogP contribution in [0.4, 0.5) is 0 Å². The Kier molecular flexibility index (Phi) is 4.31. The predicted molar refractivity (Wildman–Crippen MR) is 81.2 cm³/mol. The Morgan fingerprint density at radius 1 is 1.29 bits per heavy atom. The molecule has 0 aromatic carbocycles. The largest absolute Gasteiger partial charge is 0.395 e. The highest BCUT2D eigenvalue weighted by Crippen LogP contribution is 2.18. The maximum absolute atomic E-state index is 12.1. The van der Waals surface area contributed by atoms with Crippen LogP contribution in [0.25, 0.3) is 5.65 Å². The topological polar surface area (TPSA) is 57.8 Å². The first-order valence-electron chi connectivity index (χ1n) is 7.60. The number of aliphatic hydroxyl groups excluding tert-OH is 1. The molecule has 1 aliphatic heterocycles. The lowest BCUT2D eigenvalue weighted by Gasteiger charge is -2.27. The van der Waals surface area contributed by atoms with Gasteiger partial charge >= 0.3 is 0 Å². The molecule has 112 valence electrons. The van der Waals surface area contributed by atoms with Crippen LogP contribution in [0.1, 0.15) is 31.4 Å². The fourth-order valence-electron chi connectivity index (χ4n) is 3.04. The number of aromatic nitrogens is 2. The summed E-state index contributed by atoms with van der Waals surface area (Å²) >= 11 is 0. The van der Waals surface area contributed by atoms with Crippen molar-refractivity contribution < 1.29 is 5.11 Å². The minimum atomic E-state index is -0.0500. The maximum atomic E-state index is 12.1. The lowest BCUT2D eigenvalue weighted by atomic mass is 10.1. The van der Waals surface area contributed by atoms with Gasteiger partial charge in [0.15, 0.2) is 0 Å². The highest BCUT2D eigenvalue weighted by Gasteiger charge is 2.21. The van der Waals surface area contributed by atoms with Crippen LogP contribution in [-0.2, 0) is 6.54 Å². The van der Waals surface area contributed by atoms with Gasteiger partial charge in [-0.25, -0.2) is 4.98 Å². The Labute approximate surface area is 123 Å². The quantitative estimate of drug-likeness (QED) is 0.928. The van der Waals surface area contributed by atoms with Crippen LogP contribution in [0, 0.1) is 0 Å². The van der Waals surface area contributed by atoms with Crippen molar-refractivity contribution in [1.82, 2.24) is 14.3 Å². The maximum Gasteiger partial charge on any atom is 0.258 e. The van der Waals surface area contributed by atoms with Gasteiger partial charge in [0.1, 0.15) is 5.65 Å². The highest BCUT2D eigenvalue weighted by atomic mass is 16.3. The van der Waals surface area contributed by atoms with E-state index in [4.69, 9.17) is 0 Å². The number of aliphatic hydroxyl groups is 1. The summed E-state index contributed by atoms with van der Waals surface area (Å²) in [5.41, 5.74) is 1.41.